The minimum absolute atomic E-state index is 0.805. The van der Waals surface area contributed by atoms with Crippen molar-refractivity contribution in [2.45, 2.75) is 0 Å². The summed E-state index contributed by atoms with van der Waals surface area (Å²) in [7, 11) is 8.22. The minimum Gasteiger partial charge on any atom is -0.377 e. The summed E-state index contributed by atoms with van der Waals surface area (Å²) in [6.45, 7) is 0. The van der Waals surface area contributed by atoms with Crippen LogP contribution in [0.15, 0.2) is 18.2 Å². The van der Waals surface area contributed by atoms with E-state index in [0.717, 1.165) is 10.7 Å². The Morgan fingerprint density at radius 1 is 0.842 bits per heavy atom. The Morgan fingerprint density at radius 2 is 1.53 bits per heavy atom. The van der Waals surface area contributed by atoms with E-state index in [2.05, 4.69) is 54.2 Å². The maximum atomic E-state index is 6.49. The molecule has 3 rings (SSSR count). The number of benzene rings is 2. The van der Waals surface area contributed by atoms with Crippen LogP contribution in [0.25, 0.3) is 22.9 Å². The first-order valence-corrected chi connectivity index (χ1v) is 6.70. The molecule has 1 aliphatic rings. The Bertz CT molecular complexity index is 700. The quantitative estimate of drug-likeness (QED) is 0.693. The molecule has 19 heavy (non-hydrogen) atoms. The molecule has 0 fully saturated rings. The van der Waals surface area contributed by atoms with Gasteiger partial charge in [-0.15, -0.1) is 0 Å². The van der Waals surface area contributed by atoms with E-state index in [1.165, 1.54) is 27.6 Å². The molecule has 0 N–H and O–H groups in total. The van der Waals surface area contributed by atoms with Gasteiger partial charge in [-0.3, -0.25) is 0 Å². The summed E-state index contributed by atoms with van der Waals surface area (Å²) in [5.41, 5.74) is 4.78. The second kappa shape index (κ2) is 4.17. The Balaban J connectivity index is 2.53. The molecule has 3 heteroatoms. The predicted molar refractivity (Wildman–Crippen MR) is 86.5 cm³/mol. The van der Waals surface area contributed by atoms with E-state index in [1.54, 1.807) is 0 Å². The van der Waals surface area contributed by atoms with Gasteiger partial charge in [-0.2, -0.15) is 0 Å². The monoisotopic (exact) mass is 272 g/mol. The van der Waals surface area contributed by atoms with Crippen molar-refractivity contribution in [2.24, 2.45) is 0 Å². The van der Waals surface area contributed by atoms with Crippen LogP contribution < -0.4 is 9.80 Å². The lowest BCUT2D eigenvalue weighted by atomic mass is 9.99. The number of hydrogen-bond donors (Lipinski definition) is 0. The maximum absolute atomic E-state index is 6.49. The Kier molecular flexibility index (Phi) is 2.72. The highest BCUT2D eigenvalue weighted by molar-refractivity contribution is 6.36. The van der Waals surface area contributed by atoms with E-state index < -0.39 is 0 Å². The maximum Gasteiger partial charge on any atom is 0.0652 e. The zero-order valence-electron chi connectivity index (χ0n) is 11.7. The van der Waals surface area contributed by atoms with Crippen LogP contribution >= 0.6 is 11.6 Å². The van der Waals surface area contributed by atoms with Crippen molar-refractivity contribution in [1.29, 1.82) is 0 Å². The first-order valence-electron chi connectivity index (χ1n) is 6.32. The Labute approximate surface area is 118 Å². The fourth-order valence-electron chi connectivity index (χ4n) is 2.81. The predicted octanol–water partition coefficient (Wildman–Crippen LogP) is 4.11. The van der Waals surface area contributed by atoms with Gasteiger partial charge in [-0.1, -0.05) is 29.8 Å². The summed E-state index contributed by atoms with van der Waals surface area (Å²) < 4.78 is 0. The van der Waals surface area contributed by atoms with Gasteiger partial charge in [0.05, 0.1) is 10.7 Å². The van der Waals surface area contributed by atoms with E-state index >= 15 is 0 Å². The average molecular weight is 273 g/mol. The molecule has 1 aliphatic carbocycles. The van der Waals surface area contributed by atoms with Crippen molar-refractivity contribution in [3.8, 4) is 0 Å². The Morgan fingerprint density at radius 3 is 2.16 bits per heavy atom. The lowest BCUT2D eigenvalue weighted by Gasteiger charge is -2.23. The van der Waals surface area contributed by atoms with Crippen molar-refractivity contribution in [3.63, 3.8) is 0 Å². The highest BCUT2D eigenvalue weighted by Gasteiger charge is 2.20. The molecule has 0 amide bonds. The topological polar surface area (TPSA) is 6.48 Å². The first kappa shape index (κ1) is 12.4. The van der Waals surface area contributed by atoms with Crippen molar-refractivity contribution >= 4 is 45.9 Å². The smallest absolute Gasteiger partial charge is 0.0652 e. The largest absolute Gasteiger partial charge is 0.377 e. The normalized spacial score (nSPS) is 12.3. The Hall–Kier alpha value is -1.67. The molecule has 0 bridgehead atoms. The van der Waals surface area contributed by atoms with Gasteiger partial charge in [0, 0.05) is 44.7 Å². The number of rotatable bonds is 2. The van der Waals surface area contributed by atoms with Crippen LogP contribution in [0, 0.1) is 0 Å². The van der Waals surface area contributed by atoms with Gasteiger partial charge in [0.25, 0.3) is 0 Å². The van der Waals surface area contributed by atoms with Crippen LogP contribution in [0.3, 0.4) is 0 Å². The SMILES string of the molecule is CN(C)c1ccc2c3c(cc(Cl)c(N(C)C)c13)C=C2. The molecule has 0 saturated heterocycles. The average Bonchev–Trinajstić information content (AvgIpc) is 2.72. The summed E-state index contributed by atoms with van der Waals surface area (Å²) in [6, 6.07) is 6.41. The molecule has 2 nitrogen and oxygen atoms in total. The molecule has 0 heterocycles. The molecule has 0 saturated carbocycles. The van der Waals surface area contributed by atoms with Gasteiger partial charge < -0.3 is 9.80 Å². The summed E-state index contributed by atoms with van der Waals surface area (Å²) in [6.07, 6.45) is 4.30. The molecule has 2 aromatic rings. The van der Waals surface area contributed by atoms with Crippen molar-refractivity contribution < 1.29 is 0 Å². The van der Waals surface area contributed by atoms with Crippen LogP contribution in [-0.2, 0) is 0 Å². The number of hydrogen-bond acceptors (Lipinski definition) is 2. The third kappa shape index (κ3) is 1.71. The fourth-order valence-corrected chi connectivity index (χ4v) is 3.20. The van der Waals surface area contributed by atoms with Crippen molar-refractivity contribution in [1.82, 2.24) is 0 Å². The zero-order valence-corrected chi connectivity index (χ0v) is 12.4. The summed E-state index contributed by atoms with van der Waals surface area (Å²) in [5, 5.41) is 3.35. The van der Waals surface area contributed by atoms with Gasteiger partial charge >= 0.3 is 0 Å². The molecular weight excluding hydrogens is 256 g/mol. The van der Waals surface area contributed by atoms with Crippen molar-refractivity contribution in [2.75, 3.05) is 38.0 Å². The molecule has 0 atom stereocenters. The highest BCUT2D eigenvalue weighted by Crippen LogP contribution is 2.45. The first-order chi connectivity index (χ1) is 9.00. The molecule has 98 valence electrons. The minimum atomic E-state index is 0.805. The lowest BCUT2D eigenvalue weighted by molar-refractivity contribution is 1.12. The fraction of sp³-hybridized carbons (Fsp3) is 0.250. The molecule has 0 aliphatic heterocycles. The zero-order chi connectivity index (χ0) is 13.7. The summed E-state index contributed by atoms with van der Waals surface area (Å²) in [5.74, 6) is 0. The van der Waals surface area contributed by atoms with Crippen LogP contribution in [0.5, 0.6) is 0 Å². The summed E-state index contributed by atoms with van der Waals surface area (Å²) >= 11 is 6.49. The molecule has 2 aromatic carbocycles. The second-order valence-corrected chi connectivity index (χ2v) is 5.75. The van der Waals surface area contributed by atoms with Crippen molar-refractivity contribution in [3.05, 3.63) is 34.3 Å². The van der Waals surface area contributed by atoms with Gasteiger partial charge in [0.15, 0.2) is 0 Å². The second-order valence-electron chi connectivity index (χ2n) is 5.34. The third-order valence-electron chi connectivity index (χ3n) is 3.62. The standard InChI is InChI=1S/C16H17ClN2/c1-18(2)13-8-7-10-5-6-11-9-12(17)16(19(3)4)15(13)14(10)11/h5-9H,1-4H3. The molecule has 0 spiro atoms. The number of anilines is 2. The van der Waals surface area contributed by atoms with Gasteiger partial charge in [-0.05, 0) is 23.3 Å². The van der Waals surface area contributed by atoms with Gasteiger partial charge in [0.2, 0.25) is 0 Å². The lowest BCUT2D eigenvalue weighted by Crippen LogP contribution is -2.14. The van der Waals surface area contributed by atoms with E-state index in [-0.39, 0.29) is 0 Å². The van der Waals surface area contributed by atoms with Crippen LogP contribution in [0.2, 0.25) is 5.02 Å². The van der Waals surface area contributed by atoms with Gasteiger partial charge in [0.1, 0.15) is 0 Å². The summed E-state index contributed by atoms with van der Waals surface area (Å²) in [4.78, 5) is 4.24. The van der Waals surface area contributed by atoms with Crippen LogP contribution in [0.4, 0.5) is 11.4 Å². The molecule has 0 unspecified atom stereocenters. The molecular formula is C16H17ClN2. The van der Waals surface area contributed by atoms with E-state index in [0.29, 0.717) is 0 Å². The number of halogens is 1. The van der Waals surface area contributed by atoms with Crippen LogP contribution in [-0.4, -0.2) is 28.2 Å². The van der Waals surface area contributed by atoms with E-state index in [1.807, 2.05) is 14.1 Å². The van der Waals surface area contributed by atoms with Crippen LogP contribution in [0.1, 0.15) is 11.1 Å². The third-order valence-corrected chi connectivity index (χ3v) is 3.91. The molecule has 0 radical (unpaired) electrons. The van der Waals surface area contributed by atoms with E-state index in [4.69, 9.17) is 11.6 Å². The highest BCUT2D eigenvalue weighted by atomic mass is 35.5. The number of nitrogens with zero attached hydrogens (tertiary/aromatic N) is 2. The molecule has 0 aromatic heterocycles. The van der Waals surface area contributed by atoms with Gasteiger partial charge in [-0.25, -0.2) is 0 Å². The van der Waals surface area contributed by atoms with E-state index in [9.17, 15) is 0 Å².